The average molecular weight is 150 g/mol. The first-order valence-corrected chi connectivity index (χ1v) is 2.73. The van der Waals surface area contributed by atoms with Crippen molar-refractivity contribution in [3.05, 3.63) is 0 Å². The fourth-order valence-electron chi connectivity index (χ4n) is 0.112. The minimum absolute atomic E-state index is 0. The van der Waals surface area contributed by atoms with E-state index in [2.05, 4.69) is 6.92 Å². The SMILES string of the molecule is CCC(C)(C)CO.[Ti]. The molecule has 0 aliphatic rings. The van der Waals surface area contributed by atoms with E-state index in [-0.39, 0.29) is 27.1 Å². The minimum Gasteiger partial charge on any atom is -0.396 e. The van der Waals surface area contributed by atoms with Crippen LogP contribution in [-0.4, -0.2) is 11.7 Å². The van der Waals surface area contributed by atoms with Crippen LogP contribution in [0.25, 0.3) is 0 Å². The summed E-state index contributed by atoms with van der Waals surface area (Å²) in [6.07, 6.45) is 1.05. The Balaban J connectivity index is 0. The zero-order valence-electron chi connectivity index (χ0n) is 5.86. The second kappa shape index (κ2) is 4.54. The minimum atomic E-state index is 0. The summed E-state index contributed by atoms with van der Waals surface area (Å²) in [4.78, 5) is 0. The van der Waals surface area contributed by atoms with Crippen molar-refractivity contribution < 1.29 is 26.8 Å². The molecule has 0 aliphatic heterocycles. The van der Waals surface area contributed by atoms with E-state index < -0.39 is 0 Å². The van der Waals surface area contributed by atoms with Gasteiger partial charge in [0.05, 0.1) is 0 Å². The zero-order valence-corrected chi connectivity index (χ0v) is 7.42. The molecule has 0 saturated carbocycles. The number of aliphatic hydroxyl groups excluding tert-OH is 1. The van der Waals surface area contributed by atoms with Crippen LogP contribution < -0.4 is 0 Å². The maximum Gasteiger partial charge on any atom is 0.0482 e. The summed E-state index contributed by atoms with van der Waals surface area (Å²) in [7, 11) is 0. The van der Waals surface area contributed by atoms with Crippen molar-refractivity contribution in [1.29, 1.82) is 0 Å². The van der Waals surface area contributed by atoms with Crippen LogP contribution in [0.15, 0.2) is 0 Å². The van der Waals surface area contributed by atoms with E-state index in [1.807, 2.05) is 13.8 Å². The summed E-state index contributed by atoms with van der Waals surface area (Å²) < 4.78 is 0. The van der Waals surface area contributed by atoms with E-state index >= 15 is 0 Å². The number of aliphatic hydroxyl groups is 1. The molecule has 1 nitrogen and oxygen atoms in total. The van der Waals surface area contributed by atoms with Crippen molar-refractivity contribution in [2.45, 2.75) is 27.2 Å². The van der Waals surface area contributed by atoms with Gasteiger partial charge in [-0.25, -0.2) is 0 Å². The molecule has 0 saturated heterocycles. The van der Waals surface area contributed by atoms with E-state index in [4.69, 9.17) is 5.11 Å². The van der Waals surface area contributed by atoms with E-state index in [9.17, 15) is 0 Å². The number of rotatable bonds is 2. The molecule has 1 N–H and O–H groups in total. The van der Waals surface area contributed by atoms with Crippen molar-refractivity contribution in [2.75, 3.05) is 6.61 Å². The largest absolute Gasteiger partial charge is 0.396 e. The van der Waals surface area contributed by atoms with Gasteiger partial charge in [0.15, 0.2) is 0 Å². The van der Waals surface area contributed by atoms with Gasteiger partial charge in [-0.15, -0.1) is 0 Å². The molecule has 0 aromatic carbocycles. The van der Waals surface area contributed by atoms with E-state index in [1.54, 1.807) is 0 Å². The molecule has 0 spiro atoms. The molecule has 0 atom stereocenters. The Hall–Kier alpha value is 0.674. The summed E-state index contributed by atoms with van der Waals surface area (Å²) in [5, 5.41) is 8.59. The summed E-state index contributed by atoms with van der Waals surface area (Å²) in [5.41, 5.74) is 0.139. The molecule has 0 aliphatic carbocycles. The number of hydrogen-bond acceptors (Lipinski definition) is 1. The van der Waals surface area contributed by atoms with Crippen LogP contribution in [0.2, 0.25) is 0 Å². The molecule has 0 aromatic rings. The zero-order chi connectivity index (χ0) is 5.91. The summed E-state index contributed by atoms with van der Waals surface area (Å²) in [5.74, 6) is 0. The van der Waals surface area contributed by atoms with Gasteiger partial charge in [0.1, 0.15) is 0 Å². The smallest absolute Gasteiger partial charge is 0.0482 e. The molecule has 0 unspecified atom stereocenters. The molecule has 2 heteroatoms. The monoisotopic (exact) mass is 150 g/mol. The van der Waals surface area contributed by atoms with Gasteiger partial charge < -0.3 is 5.11 Å². The third-order valence-corrected chi connectivity index (χ3v) is 1.39. The Labute approximate surface area is 66.4 Å². The van der Waals surface area contributed by atoms with Crippen LogP contribution in [0.5, 0.6) is 0 Å². The van der Waals surface area contributed by atoms with Crippen LogP contribution in [-0.2, 0) is 21.7 Å². The normalized spacial score (nSPS) is 10.5. The predicted octanol–water partition coefficient (Wildman–Crippen LogP) is 1.41. The summed E-state index contributed by atoms with van der Waals surface area (Å²) >= 11 is 0. The fraction of sp³-hybridized carbons (Fsp3) is 1.00. The molecule has 0 heterocycles. The van der Waals surface area contributed by atoms with Gasteiger partial charge in [0.25, 0.3) is 0 Å². The Morgan fingerprint density at radius 1 is 1.38 bits per heavy atom. The predicted molar refractivity (Wildman–Crippen MR) is 31.2 cm³/mol. The topological polar surface area (TPSA) is 20.2 Å². The molecular formula is C6H14OTi. The third-order valence-electron chi connectivity index (χ3n) is 1.39. The quantitative estimate of drug-likeness (QED) is 0.590. The molecule has 0 radical (unpaired) electrons. The standard InChI is InChI=1S/C6H14O.Ti/c1-4-6(2,3)5-7;/h7H,4-5H2,1-3H3;. The molecule has 0 amide bonds. The van der Waals surface area contributed by atoms with Gasteiger partial charge in [0.2, 0.25) is 0 Å². The third kappa shape index (κ3) is 4.82. The Morgan fingerprint density at radius 2 is 1.75 bits per heavy atom. The van der Waals surface area contributed by atoms with Crippen molar-refractivity contribution in [2.24, 2.45) is 5.41 Å². The molecule has 48 valence electrons. The molecule has 0 fully saturated rings. The van der Waals surface area contributed by atoms with Crippen molar-refractivity contribution in [1.82, 2.24) is 0 Å². The van der Waals surface area contributed by atoms with E-state index in [1.165, 1.54) is 0 Å². The van der Waals surface area contributed by atoms with Gasteiger partial charge in [-0.2, -0.15) is 0 Å². The van der Waals surface area contributed by atoms with Crippen molar-refractivity contribution in [3.63, 3.8) is 0 Å². The summed E-state index contributed by atoms with van der Waals surface area (Å²) in [6, 6.07) is 0. The van der Waals surface area contributed by atoms with Crippen molar-refractivity contribution >= 4 is 0 Å². The Bertz CT molecular complexity index is 46.5. The Kier molecular flexibility index (Phi) is 6.51. The molecule has 8 heavy (non-hydrogen) atoms. The average Bonchev–Trinajstić information content (AvgIpc) is 1.68. The first-order chi connectivity index (χ1) is 3.12. The number of hydrogen-bond donors (Lipinski definition) is 1. The van der Waals surface area contributed by atoms with Gasteiger partial charge in [-0.05, 0) is 11.8 Å². The van der Waals surface area contributed by atoms with Crippen LogP contribution in [0.4, 0.5) is 0 Å². The molecule has 0 bridgehead atoms. The van der Waals surface area contributed by atoms with Crippen LogP contribution in [0.1, 0.15) is 27.2 Å². The van der Waals surface area contributed by atoms with E-state index in [0.717, 1.165) is 6.42 Å². The van der Waals surface area contributed by atoms with Gasteiger partial charge in [-0.3, -0.25) is 0 Å². The molecule has 0 aromatic heterocycles. The second-order valence-corrected chi connectivity index (χ2v) is 2.68. The maximum absolute atomic E-state index is 8.59. The maximum atomic E-state index is 8.59. The van der Waals surface area contributed by atoms with Crippen LogP contribution in [0.3, 0.4) is 0 Å². The molecular weight excluding hydrogens is 136 g/mol. The van der Waals surface area contributed by atoms with Crippen LogP contribution in [0, 0.1) is 5.41 Å². The van der Waals surface area contributed by atoms with Gasteiger partial charge in [-0.1, -0.05) is 20.8 Å². The van der Waals surface area contributed by atoms with Gasteiger partial charge >= 0.3 is 0 Å². The first kappa shape index (κ1) is 11.5. The first-order valence-electron chi connectivity index (χ1n) is 2.73. The van der Waals surface area contributed by atoms with Crippen molar-refractivity contribution in [3.8, 4) is 0 Å². The van der Waals surface area contributed by atoms with E-state index in [0.29, 0.717) is 6.61 Å². The molecule has 0 rings (SSSR count). The Morgan fingerprint density at radius 3 is 1.75 bits per heavy atom. The van der Waals surface area contributed by atoms with Crippen LogP contribution >= 0.6 is 0 Å². The fourth-order valence-corrected chi connectivity index (χ4v) is 0.112. The van der Waals surface area contributed by atoms with Gasteiger partial charge in [0, 0.05) is 28.3 Å². The second-order valence-electron chi connectivity index (χ2n) is 2.68. The summed E-state index contributed by atoms with van der Waals surface area (Å²) in [6.45, 7) is 6.47.